The molecule has 0 saturated carbocycles. The van der Waals surface area contributed by atoms with Gasteiger partial charge in [0.1, 0.15) is 5.78 Å². The number of ketones is 1. The van der Waals surface area contributed by atoms with E-state index in [1.165, 1.54) is 12.0 Å². The Bertz CT molecular complexity index is 307. The Hall–Kier alpha value is -0.850. The predicted molar refractivity (Wildman–Crippen MR) is 69.3 cm³/mol. The molecular formula is C15H24O. The van der Waals surface area contributed by atoms with Crippen molar-refractivity contribution in [2.45, 2.75) is 53.4 Å². The molecule has 0 saturated heterocycles. The first-order chi connectivity index (χ1) is 7.44. The maximum atomic E-state index is 10.8. The molecule has 0 fully saturated rings. The van der Waals surface area contributed by atoms with Crippen LogP contribution in [0.4, 0.5) is 0 Å². The van der Waals surface area contributed by atoms with Gasteiger partial charge in [-0.3, -0.25) is 0 Å². The number of allylic oxidation sites excluding steroid dienone is 4. The molecule has 0 N–H and O–H groups in total. The molecule has 1 rings (SSSR count). The molecule has 16 heavy (non-hydrogen) atoms. The highest BCUT2D eigenvalue weighted by Gasteiger charge is 2.33. The van der Waals surface area contributed by atoms with Crippen molar-refractivity contribution in [2.24, 2.45) is 11.3 Å². The zero-order valence-electron chi connectivity index (χ0n) is 11.0. The summed E-state index contributed by atoms with van der Waals surface area (Å²) in [4.78, 5) is 10.8. The van der Waals surface area contributed by atoms with Crippen LogP contribution in [0.25, 0.3) is 0 Å². The second-order valence-corrected chi connectivity index (χ2v) is 5.49. The Morgan fingerprint density at radius 2 is 2.19 bits per heavy atom. The largest absolute Gasteiger partial charge is 0.300 e. The number of hydrogen-bond acceptors (Lipinski definition) is 1. The van der Waals surface area contributed by atoms with E-state index in [9.17, 15) is 4.79 Å². The minimum absolute atomic E-state index is 0.281. The summed E-state index contributed by atoms with van der Waals surface area (Å²) in [6.45, 7) is 8.56. The van der Waals surface area contributed by atoms with Crippen molar-refractivity contribution in [1.82, 2.24) is 0 Å². The molecule has 0 spiro atoms. The normalized spacial score (nSPS) is 23.8. The van der Waals surface area contributed by atoms with E-state index in [-0.39, 0.29) is 5.78 Å². The summed E-state index contributed by atoms with van der Waals surface area (Å²) in [7, 11) is 0. The van der Waals surface area contributed by atoms with Crippen LogP contribution in [-0.4, -0.2) is 5.78 Å². The Labute approximate surface area is 99.6 Å². The third-order valence-corrected chi connectivity index (χ3v) is 4.00. The van der Waals surface area contributed by atoms with Gasteiger partial charge in [-0.2, -0.15) is 0 Å². The van der Waals surface area contributed by atoms with Gasteiger partial charge in [0.2, 0.25) is 0 Å². The van der Waals surface area contributed by atoms with E-state index in [1.54, 1.807) is 6.92 Å². The molecule has 0 bridgehead atoms. The van der Waals surface area contributed by atoms with Gasteiger partial charge in [0, 0.05) is 6.42 Å². The maximum Gasteiger partial charge on any atom is 0.130 e. The second kappa shape index (κ2) is 5.47. The van der Waals surface area contributed by atoms with Crippen molar-refractivity contribution in [3.63, 3.8) is 0 Å². The third kappa shape index (κ3) is 3.33. The van der Waals surface area contributed by atoms with Crippen LogP contribution in [0.2, 0.25) is 0 Å². The maximum absolute atomic E-state index is 10.8. The Balaban J connectivity index is 2.32. The fourth-order valence-corrected chi connectivity index (χ4v) is 2.25. The molecule has 1 aliphatic carbocycles. The molecule has 0 aromatic heterocycles. The highest BCUT2D eigenvalue weighted by atomic mass is 16.1. The van der Waals surface area contributed by atoms with Gasteiger partial charge in [-0.05, 0) is 44.4 Å². The monoisotopic (exact) mass is 220 g/mol. The molecular weight excluding hydrogens is 196 g/mol. The zero-order valence-corrected chi connectivity index (χ0v) is 11.0. The van der Waals surface area contributed by atoms with Gasteiger partial charge < -0.3 is 4.79 Å². The van der Waals surface area contributed by atoms with Crippen molar-refractivity contribution in [1.29, 1.82) is 0 Å². The predicted octanol–water partition coefficient (Wildman–Crippen LogP) is 4.29. The summed E-state index contributed by atoms with van der Waals surface area (Å²) in [6.07, 6.45) is 10.7. The number of carbonyl (C=O) groups excluding carboxylic acids is 1. The minimum Gasteiger partial charge on any atom is -0.300 e. The van der Waals surface area contributed by atoms with Gasteiger partial charge >= 0.3 is 0 Å². The topological polar surface area (TPSA) is 17.1 Å². The lowest BCUT2D eigenvalue weighted by Crippen LogP contribution is -2.19. The first-order valence-electron chi connectivity index (χ1n) is 6.26. The smallest absolute Gasteiger partial charge is 0.130 e. The Morgan fingerprint density at radius 3 is 2.69 bits per heavy atom. The van der Waals surface area contributed by atoms with Crippen molar-refractivity contribution < 1.29 is 4.79 Å². The number of carbonyl (C=O) groups is 1. The number of rotatable bonds is 5. The van der Waals surface area contributed by atoms with Gasteiger partial charge in [0.05, 0.1) is 0 Å². The molecule has 0 aromatic rings. The first kappa shape index (κ1) is 13.2. The van der Waals surface area contributed by atoms with Crippen molar-refractivity contribution in [3.05, 3.63) is 23.8 Å². The highest BCUT2D eigenvalue weighted by Crippen LogP contribution is 2.44. The summed E-state index contributed by atoms with van der Waals surface area (Å²) in [5.74, 6) is 1.02. The van der Waals surface area contributed by atoms with E-state index in [0.29, 0.717) is 11.8 Å². The van der Waals surface area contributed by atoms with E-state index in [0.717, 1.165) is 18.8 Å². The van der Waals surface area contributed by atoms with Crippen molar-refractivity contribution >= 4 is 5.78 Å². The molecule has 0 heterocycles. The average molecular weight is 220 g/mol. The fourth-order valence-electron chi connectivity index (χ4n) is 2.25. The van der Waals surface area contributed by atoms with Crippen LogP contribution in [0.3, 0.4) is 0 Å². The SMILES string of the molecule is CC(=O)CC/C=C/CC1CC=C(C)C1(C)C. The van der Waals surface area contributed by atoms with E-state index in [1.807, 2.05) is 0 Å². The average Bonchev–Trinajstić information content (AvgIpc) is 2.43. The van der Waals surface area contributed by atoms with Crippen molar-refractivity contribution in [2.75, 3.05) is 0 Å². The number of hydrogen-bond donors (Lipinski definition) is 0. The minimum atomic E-state index is 0.281. The van der Waals surface area contributed by atoms with Crippen LogP contribution in [0.1, 0.15) is 53.4 Å². The van der Waals surface area contributed by atoms with E-state index < -0.39 is 0 Å². The van der Waals surface area contributed by atoms with E-state index >= 15 is 0 Å². The molecule has 1 heteroatoms. The van der Waals surface area contributed by atoms with Gasteiger partial charge in [-0.1, -0.05) is 37.6 Å². The van der Waals surface area contributed by atoms with Crippen molar-refractivity contribution in [3.8, 4) is 0 Å². The lowest BCUT2D eigenvalue weighted by Gasteiger charge is -2.28. The molecule has 0 amide bonds. The fraction of sp³-hybridized carbons (Fsp3) is 0.667. The number of Topliss-reactive ketones (excluding diaryl/α,β-unsaturated/α-hetero) is 1. The summed E-state index contributed by atoms with van der Waals surface area (Å²) in [6, 6.07) is 0. The molecule has 0 aromatic carbocycles. The lowest BCUT2D eigenvalue weighted by atomic mass is 9.76. The summed E-state index contributed by atoms with van der Waals surface area (Å²) >= 11 is 0. The summed E-state index contributed by atoms with van der Waals surface area (Å²) in [5, 5.41) is 0. The first-order valence-corrected chi connectivity index (χ1v) is 6.26. The Morgan fingerprint density at radius 1 is 1.50 bits per heavy atom. The summed E-state index contributed by atoms with van der Waals surface area (Å²) in [5.41, 5.74) is 1.87. The molecule has 1 aliphatic rings. The van der Waals surface area contributed by atoms with Crippen LogP contribution in [0.15, 0.2) is 23.8 Å². The lowest BCUT2D eigenvalue weighted by molar-refractivity contribution is -0.116. The Kier molecular flexibility index (Phi) is 4.52. The second-order valence-electron chi connectivity index (χ2n) is 5.49. The van der Waals surface area contributed by atoms with Gasteiger partial charge in [0.25, 0.3) is 0 Å². The van der Waals surface area contributed by atoms with Crippen LogP contribution < -0.4 is 0 Å². The van der Waals surface area contributed by atoms with E-state index in [2.05, 4.69) is 39.0 Å². The quantitative estimate of drug-likeness (QED) is 0.631. The van der Waals surface area contributed by atoms with Crippen LogP contribution in [0.5, 0.6) is 0 Å². The molecule has 90 valence electrons. The molecule has 0 radical (unpaired) electrons. The van der Waals surface area contributed by atoms with Crippen LogP contribution in [0, 0.1) is 11.3 Å². The van der Waals surface area contributed by atoms with E-state index in [4.69, 9.17) is 0 Å². The van der Waals surface area contributed by atoms with Crippen LogP contribution in [-0.2, 0) is 4.79 Å². The standard InChI is InChI=1S/C15H24O/c1-12-10-11-14(15(12,3)4)9-7-5-6-8-13(2)16/h5,7,10,14H,6,8-9,11H2,1-4H3/b7-5+. The van der Waals surface area contributed by atoms with Crippen LogP contribution >= 0.6 is 0 Å². The molecule has 1 atom stereocenters. The van der Waals surface area contributed by atoms with Gasteiger partial charge in [-0.15, -0.1) is 0 Å². The molecule has 1 unspecified atom stereocenters. The van der Waals surface area contributed by atoms with Gasteiger partial charge in [0.15, 0.2) is 0 Å². The molecule has 1 nitrogen and oxygen atoms in total. The molecule has 0 aliphatic heterocycles. The third-order valence-electron chi connectivity index (χ3n) is 4.00. The highest BCUT2D eigenvalue weighted by molar-refractivity contribution is 5.75. The van der Waals surface area contributed by atoms with Gasteiger partial charge in [-0.25, -0.2) is 0 Å². The zero-order chi connectivity index (χ0) is 12.2. The summed E-state index contributed by atoms with van der Waals surface area (Å²) < 4.78 is 0.